The van der Waals surface area contributed by atoms with Gasteiger partial charge in [0.2, 0.25) is 0 Å². The molecule has 3 rings (SSSR count). The summed E-state index contributed by atoms with van der Waals surface area (Å²) in [5.74, 6) is 0.264. The van der Waals surface area contributed by atoms with E-state index in [4.69, 9.17) is 4.74 Å². The van der Waals surface area contributed by atoms with Crippen LogP contribution in [0.1, 0.15) is 70.7 Å². The van der Waals surface area contributed by atoms with Crippen LogP contribution in [0.5, 0.6) is 0 Å². The predicted octanol–water partition coefficient (Wildman–Crippen LogP) is 4.74. The molecule has 1 aliphatic carbocycles. The molecule has 0 bridgehead atoms. The number of ketones is 1. The third-order valence-electron chi connectivity index (χ3n) is 6.72. The Morgan fingerprint density at radius 3 is 2.14 bits per heavy atom. The van der Waals surface area contributed by atoms with Gasteiger partial charge in [0.05, 0.1) is 6.26 Å². The fourth-order valence-corrected chi connectivity index (χ4v) is 4.69. The summed E-state index contributed by atoms with van der Waals surface area (Å²) in [6.07, 6.45) is 1.84. The molecule has 2 heteroatoms. The van der Waals surface area contributed by atoms with E-state index in [2.05, 4.69) is 53.7 Å². The molecule has 1 aromatic carbocycles. The monoisotopic (exact) mass is 298 g/mol. The second-order valence-electron chi connectivity index (χ2n) is 8.10. The lowest BCUT2D eigenvalue weighted by Gasteiger charge is -2.45. The van der Waals surface area contributed by atoms with Crippen molar-refractivity contribution in [3.8, 4) is 0 Å². The number of benzene rings is 1. The van der Waals surface area contributed by atoms with E-state index in [1.54, 1.807) is 6.92 Å². The van der Waals surface area contributed by atoms with Crippen LogP contribution in [-0.4, -0.2) is 5.78 Å². The van der Waals surface area contributed by atoms with Crippen LogP contribution in [0.4, 0.5) is 0 Å². The summed E-state index contributed by atoms with van der Waals surface area (Å²) in [5.41, 5.74) is 5.47. The molecule has 0 amide bonds. The van der Waals surface area contributed by atoms with E-state index in [1.807, 2.05) is 6.26 Å². The molecule has 0 radical (unpaired) electrons. The van der Waals surface area contributed by atoms with Crippen LogP contribution in [-0.2, 0) is 27.0 Å². The summed E-state index contributed by atoms with van der Waals surface area (Å²) in [6.45, 7) is 15.4. The molecule has 2 aliphatic rings. The van der Waals surface area contributed by atoms with Gasteiger partial charge < -0.3 is 4.74 Å². The Morgan fingerprint density at radius 1 is 1.05 bits per heavy atom. The van der Waals surface area contributed by atoms with Crippen molar-refractivity contribution in [2.75, 3.05) is 0 Å². The first-order chi connectivity index (χ1) is 10.0. The van der Waals surface area contributed by atoms with E-state index in [0.29, 0.717) is 6.61 Å². The first-order valence-electron chi connectivity index (χ1n) is 8.03. The van der Waals surface area contributed by atoms with Crippen LogP contribution in [0.25, 0.3) is 5.57 Å². The lowest BCUT2D eigenvalue weighted by molar-refractivity contribution is -0.132. The largest absolute Gasteiger partial charge is 0.496 e. The van der Waals surface area contributed by atoms with Gasteiger partial charge in [0.1, 0.15) is 12.4 Å². The zero-order valence-electron chi connectivity index (χ0n) is 14.8. The molecule has 0 spiro atoms. The van der Waals surface area contributed by atoms with E-state index in [9.17, 15) is 4.79 Å². The van der Waals surface area contributed by atoms with Crippen LogP contribution >= 0.6 is 0 Å². The van der Waals surface area contributed by atoms with Crippen LogP contribution in [0, 0.1) is 5.41 Å². The number of carbonyl (C=O) groups is 1. The first-order valence-corrected chi connectivity index (χ1v) is 8.03. The standard InChI is InChI=1S/C20H26O2/c1-12-10-22-11-14-8-16-17(9-15(12)14)19(5,6)20(7,13(2)21)18(16,3)4/h8-10H,11H2,1-7H3. The summed E-state index contributed by atoms with van der Waals surface area (Å²) in [5, 5.41) is 0. The topological polar surface area (TPSA) is 26.3 Å². The second-order valence-corrected chi connectivity index (χ2v) is 8.10. The molecule has 2 nitrogen and oxygen atoms in total. The van der Waals surface area contributed by atoms with Crippen molar-refractivity contribution < 1.29 is 9.53 Å². The molecule has 0 aromatic heterocycles. The minimum Gasteiger partial charge on any atom is -0.496 e. The van der Waals surface area contributed by atoms with Crippen molar-refractivity contribution >= 4 is 11.4 Å². The number of carbonyl (C=O) groups excluding carboxylic acids is 1. The van der Waals surface area contributed by atoms with Crippen LogP contribution in [0.2, 0.25) is 0 Å². The molecule has 0 N–H and O–H groups in total. The fourth-order valence-electron chi connectivity index (χ4n) is 4.69. The zero-order valence-corrected chi connectivity index (χ0v) is 14.8. The molecule has 1 heterocycles. The van der Waals surface area contributed by atoms with Gasteiger partial charge >= 0.3 is 0 Å². The van der Waals surface area contributed by atoms with Gasteiger partial charge in [-0.25, -0.2) is 0 Å². The van der Waals surface area contributed by atoms with E-state index in [1.165, 1.54) is 22.3 Å². The van der Waals surface area contributed by atoms with Gasteiger partial charge in [0, 0.05) is 16.2 Å². The van der Waals surface area contributed by atoms with Crippen LogP contribution in [0.15, 0.2) is 18.4 Å². The average molecular weight is 298 g/mol. The highest BCUT2D eigenvalue weighted by atomic mass is 16.5. The molecule has 1 aromatic rings. The van der Waals surface area contributed by atoms with Gasteiger partial charge in [-0.3, -0.25) is 4.79 Å². The maximum absolute atomic E-state index is 12.6. The van der Waals surface area contributed by atoms with Crippen molar-refractivity contribution in [2.45, 2.75) is 65.9 Å². The highest BCUT2D eigenvalue weighted by Crippen LogP contribution is 2.62. The molecule has 0 saturated carbocycles. The van der Waals surface area contributed by atoms with Crippen LogP contribution in [0.3, 0.4) is 0 Å². The molecule has 1 aliphatic heterocycles. The van der Waals surface area contributed by atoms with Crippen LogP contribution < -0.4 is 0 Å². The van der Waals surface area contributed by atoms with Crippen molar-refractivity contribution in [2.24, 2.45) is 5.41 Å². The third kappa shape index (κ3) is 1.53. The highest BCUT2D eigenvalue weighted by molar-refractivity contribution is 5.88. The lowest BCUT2D eigenvalue weighted by Crippen LogP contribution is -2.50. The molecular formula is C20H26O2. The lowest BCUT2D eigenvalue weighted by atomic mass is 9.56. The maximum atomic E-state index is 12.6. The summed E-state index contributed by atoms with van der Waals surface area (Å²) in [6, 6.07) is 4.58. The van der Waals surface area contributed by atoms with Gasteiger partial charge in [-0.1, -0.05) is 46.8 Å². The van der Waals surface area contributed by atoms with Crippen molar-refractivity contribution in [3.63, 3.8) is 0 Å². The second kappa shape index (κ2) is 4.24. The van der Waals surface area contributed by atoms with Gasteiger partial charge in [0.15, 0.2) is 0 Å². The molecule has 1 unspecified atom stereocenters. The number of allylic oxidation sites excluding steroid dienone is 1. The van der Waals surface area contributed by atoms with Crippen molar-refractivity contribution in [1.82, 2.24) is 0 Å². The SMILES string of the molecule is CC(=O)C1(C)C(C)(C)c2cc3c(cc2C1(C)C)C(C)=COC3. The zero-order chi connectivity index (χ0) is 16.5. The molecule has 22 heavy (non-hydrogen) atoms. The Bertz CT molecular complexity index is 707. The Balaban J connectivity index is 2.35. The maximum Gasteiger partial charge on any atom is 0.137 e. The minimum atomic E-state index is -0.412. The molecule has 0 fully saturated rings. The Morgan fingerprint density at radius 2 is 1.59 bits per heavy atom. The first kappa shape index (κ1) is 15.3. The summed E-state index contributed by atoms with van der Waals surface area (Å²) < 4.78 is 5.56. The number of hydrogen-bond acceptors (Lipinski definition) is 2. The summed E-state index contributed by atoms with van der Waals surface area (Å²) >= 11 is 0. The van der Waals surface area contributed by atoms with E-state index < -0.39 is 5.41 Å². The molecule has 1 atom stereocenters. The van der Waals surface area contributed by atoms with Gasteiger partial charge in [-0.2, -0.15) is 0 Å². The highest BCUT2D eigenvalue weighted by Gasteiger charge is 2.62. The Labute approximate surface area is 133 Å². The number of Topliss-reactive ketones (excluding diaryl/α,β-unsaturated/α-hetero) is 1. The molecular weight excluding hydrogens is 272 g/mol. The van der Waals surface area contributed by atoms with E-state index >= 15 is 0 Å². The number of hydrogen-bond donors (Lipinski definition) is 0. The third-order valence-corrected chi connectivity index (χ3v) is 6.72. The molecule has 118 valence electrons. The van der Waals surface area contributed by atoms with Crippen molar-refractivity contribution in [3.05, 3.63) is 40.6 Å². The smallest absolute Gasteiger partial charge is 0.137 e. The van der Waals surface area contributed by atoms with E-state index in [-0.39, 0.29) is 16.6 Å². The quantitative estimate of drug-likeness (QED) is 0.748. The molecule has 0 saturated heterocycles. The van der Waals surface area contributed by atoms with E-state index in [0.717, 1.165) is 5.57 Å². The summed E-state index contributed by atoms with van der Waals surface area (Å²) in [7, 11) is 0. The Kier molecular flexibility index (Phi) is 2.96. The Hall–Kier alpha value is -1.57. The van der Waals surface area contributed by atoms with Gasteiger partial charge in [-0.15, -0.1) is 0 Å². The number of rotatable bonds is 1. The normalized spacial score (nSPS) is 27.5. The van der Waals surface area contributed by atoms with Crippen molar-refractivity contribution in [1.29, 1.82) is 0 Å². The number of ether oxygens (including phenoxy) is 1. The average Bonchev–Trinajstić information content (AvgIpc) is 2.55. The van der Waals surface area contributed by atoms with Gasteiger partial charge in [-0.05, 0) is 41.7 Å². The summed E-state index contributed by atoms with van der Waals surface area (Å²) in [4.78, 5) is 12.6. The number of fused-ring (bicyclic) bond motifs is 2. The predicted molar refractivity (Wildman–Crippen MR) is 89.7 cm³/mol. The van der Waals surface area contributed by atoms with Gasteiger partial charge in [0.25, 0.3) is 0 Å². The minimum absolute atomic E-state index is 0.189. The fraction of sp³-hybridized carbons (Fsp3) is 0.550.